The fraction of sp³-hybridized carbons (Fsp3) is 0.111. The van der Waals surface area contributed by atoms with Gasteiger partial charge in [-0.2, -0.15) is 0 Å². The highest BCUT2D eigenvalue weighted by Gasteiger charge is 2.25. The fourth-order valence-corrected chi connectivity index (χ4v) is 2.57. The van der Waals surface area contributed by atoms with Gasteiger partial charge >= 0.3 is 0 Å². The minimum absolute atomic E-state index is 0.123. The lowest BCUT2D eigenvalue weighted by Crippen LogP contribution is -2.03. The van der Waals surface area contributed by atoms with Gasteiger partial charge in [-0.3, -0.25) is 0 Å². The molecule has 0 amide bonds. The number of phenols is 2. The molecule has 4 heteroatoms. The van der Waals surface area contributed by atoms with Crippen LogP contribution in [0.15, 0.2) is 65.1 Å². The van der Waals surface area contributed by atoms with E-state index in [-0.39, 0.29) is 18.1 Å². The molecule has 0 radical (unpaired) electrons. The van der Waals surface area contributed by atoms with Crippen LogP contribution in [0.2, 0.25) is 0 Å². The SMILES string of the molecule is OCc1ccc(C(c2ccccc2O)c2ccccc2O)o1. The van der Waals surface area contributed by atoms with Crippen LogP contribution in [0.4, 0.5) is 0 Å². The van der Waals surface area contributed by atoms with Gasteiger partial charge in [0.2, 0.25) is 0 Å². The molecule has 0 bridgehead atoms. The van der Waals surface area contributed by atoms with Gasteiger partial charge in [0.05, 0.1) is 5.92 Å². The summed E-state index contributed by atoms with van der Waals surface area (Å²) in [6.45, 7) is -0.200. The van der Waals surface area contributed by atoms with Crippen molar-refractivity contribution >= 4 is 0 Å². The standard InChI is InChI=1S/C18H16O4/c19-11-12-9-10-17(22-12)18(13-5-1-3-7-15(13)20)14-6-2-4-8-16(14)21/h1-10,18-21H,11H2. The van der Waals surface area contributed by atoms with Gasteiger partial charge < -0.3 is 19.7 Å². The number of benzene rings is 2. The molecule has 3 rings (SSSR count). The Kier molecular flexibility index (Phi) is 3.85. The first-order valence-corrected chi connectivity index (χ1v) is 6.96. The van der Waals surface area contributed by atoms with Gasteiger partial charge in [0.25, 0.3) is 0 Å². The number of aliphatic hydroxyl groups excluding tert-OH is 1. The van der Waals surface area contributed by atoms with Gasteiger partial charge in [0.1, 0.15) is 29.6 Å². The van der Waals surface area contributed by atoms with E-state index in [0.29, 0.717) is 22.6 Å². The van der Waals surface area contributed by atoms with Gasteiger partial charge in [-0.25, -0.2) is 0 Å². The van der Waals surface area contributed by atoms with Crippen molar-refractivity contribution in [2.75, 3.05) is 0 Å². The molecule has 1 aromatic heterocycles. The Labute approximate surface area is 127 Å². The lowest BCUT2D eigenvalue weighted by molar-refractivity contribution is 0.243. The summed E-state index contributed by atoms with van der Waals surface area (Å²) in [6.07, 6.45) is 0. The molecule has 112 valence electrons. The minimum atomic E-state index is -0.456. The predicted molar refractivity (Wildman–Crippen MR) is 81.8 cm³/mol. The smallest absolute Gasteiger partial charge is 0.129 e. The molecule has 1 heterocycles. The second-order valence-electron chi connectivity index (χ2n) is 5.01. The van der Waals surface area contributed by atoms with Crippen molar-refractivity contribution in [2.24, 2.45) is 0 Å². The summed E-state index contributed by atoms with van der Waals surface area (Å²) in [7, 11) is 0. The average Bonchev–Trinajstić information content (AvgIpc) is 3.00. The topological polar surface area (TPSA) is 73.8 Å². The van der Waals surface area contributed by atoms with E-state index in [1.807, 2.05) is 12.1 Å². The highest BCUT2D eigenvalue weighted by Crippen LogP contribution is 2.40. The van der Waals surface area contributed by atoms with Crippen LogP contribution in [0.5, 0.6) is 11.5 Å². The molecule has 0 saturated heterocycles. The summed E-state index contributed by atoms with van der Waals surface area (Å²) in [5, 5.41) is 29.6. The predicted octanol–water partition coefficient (Wildman–Crippen LogP) is 3.36. The normalized spacial score (nSPS) is 11.0. The van der Waals surface area contributed by atoms with E-state index in [9.17, 15) is 15.3 Å². The molecular formula is C18H16O4. The third-order valence-corrected chi connectivity index (χ3v) is 3.62. The molecule has 0 aliphatic carbocycles. The van der Waals surface area contributed by atoms with Crippen molar-refractivity contribution in [2.45, 2.75) is 12.5 Å². The molecule has 0 aliphatic heterocycles. The minimum Gasteiger partial charge on any atom is -0.508 e. The summed E-state index contributed by atoms with van der Waals surface area (Å²) >= 11 is 0. The Hall–Kier alpha value is -2.72. The molecule has 3 N–H and O–H groups in total. The molecule has 3 aromatic rings. The third kappa shape index (κ3) is 2.56. The lowest BCUT2D eigenvalue weighted by Gasteiger charge is -2.18. The number of aliphatic hydroxyl groups is 1. The van der Waals surface area contributed by atoms with Gasteiger partial charge in [-0.05, 0) is 24.3 Å². The van der Waals surface area contributed by atoms with Gasteiger partial charge in [-0.1, -0.05) is 36.4 Å². The Morgan fingerprint density at radius 1 is 0.773 bits per heavy atom. The second-order valence-corrected chi connectivity index (χ2v) is 5.01. The van der Waals surface area contributed by atoms with E-state index in [1.54, 1.807) is 48.5 Å². The van der Waals surface area contributed by atoms with Crippen LogP contribution in [-0.2, 0) is 6.61 Å². The van der Waals surface area contributed by atoms with Crippen LogP contribution >= 0.6 is 0 Å². The molecule has 0 saturated carbocycles. The number of rotatable bonds is 4. The molecule has 0 atom stereocenters. The van der Waals surface area contributed by atoms with Crippen LogP contribution in [0.1, 0.15) is 28.6 Å². The van der Waals surface area contributed by atoms with Crippen molar-refractivity contribution < 1.29 is 19.7 Å². The molecule has 0 aliphatic rings. The monoisotopic (exact) mass is 296 g/mol. The van der Waals surface area contributed by atoms with E-state index < -0.39 is 5.92 Å². The fourth-order valence-electron chi connectivity index (χ4n) is 2.57. The molecule has 0 spiro atoms. The summed E-state index contributed by atoms with van der Waals surface area (Å²) in [5.41, 5.74) is 1.26. The Balaban J connectivity index is 2.19. The molecular weight excluding hydrogens is 280 g/mol. The maximum Gasteiger partial charge on any atom is 0.129 e. The van der Waals surface area contributed by atoms with E-state index in [4.69, 9.17) is 4.42 Å². The van der Waals surface area contributed by atoms with Crippen molar-refractivity contribution in [3.8, 4) is 11.5 Å². The van der Waals surface area contributed by atoms with Crippen molar-refractivity contribution in [3.63, 3.8) is 0 Å². The molecule has 4 nitrogen and oxygen atoms in total. The van der Waals surface area contributed by atoms with Crippen LogP contribution in [-0.4, -0.2) is 15.3 Å². The summed E-state index contributed by atoms with van der Waals surface area (Å²) in [4.78, 5) is 0. The molecule has 0 fully saturated rings. The summed E-state index contributed by atoms with van der Waals surface area (Å²) in [6, 6.07) is 17.3. The lowest BCUT2D eigenvalue weighted by atomic mass is 9.88. The van der Waals surface area contributed by atoms with Gasteiger partial charge in [-0.15, -0.1) is 0 Å². The zero-order valence-corrected chi connectivity index (χ0v) is 11.8. The van der Waals surface area contributed by atoms with E-state index in [1.165, 1.54) is 0 Å². The zero-order chi connectivity index (χ0) is 15.5. The van der Waals surface area contributed by atoms with E-state index in [0.717, 1.165) is 0 Å². The Morgan fingerprint density at radius 3 is 1.77 bits per heavy atom. The average molecular weight is 296 g/mol. The van der Waals surface area contributed by atoms with Crippen molar-refractivity contribution in [1.82, 2.24) is 0 Å². The Bertz CT molecular complexity index is 731. The molecule has 0 unspecified atom stereocenters. The first-order chi connectivity index (χ1) is 10.7. The van der Waals surface area contributed by atoms with Crippen LogP contribution < -0.4 is 0 Å². The number of furan rings is 1. The molecule has 22 heavy (non-hydrogen) atoms. The highest BCUT2D eigenvalue weighted by atomic mass is 16.4. The zero-order valence-electron chi connectivity index (χ0n) is 11.8. The van der Waals surface area contributed by atoms with E-state index >= 15 is 0 Å². The number of hydrogen-bond acceptors (Lipinski definition) is 4. The first kappa shape index (κ1) is 14.2. The Morgan fingerprint density at radius 2 is 1.32 bits per heavy atom. The number of para-hydroxylation sites is 2. The highest BCUT2D eigenvalue weighted by molar-refractivity contribution is 5.50. The third-order valence-electron chi connectivity index (χ3n) is 3.62. The van der Waals surface area contributed by atoms with Crippen molar-refractivity contribution in [1.29, 1.82) is 0 Å². The summed E-state index contributed by atoms with van der Waals surface area (Å²) < 4.78 is 5.64. The number of aromatic hydroxyl groups is 2. The quantitative estimate of drug-likeness (QED) is 0.690. The number of hydrogen-bond donors (Lipinski definition) is 3. The van der Waals surface area contributed by atoms with Gasteiger partial charge in [0, 0.05) is 11.1 Å². The van der Waals surface area contributed by atoms with Crippen LogP contribution in [0.3, 0.4) is 0 Å². The van der Waals surface area contributed by atoms with Crippen LogP contribution in [0, 0.1) is 0 Å². The molecule has 2 aromatic carbocycles. The van der Waals surface area contributed by atoms with E-state index in [2.05, 4.69) is 0 Å². The largest absolute Gasteiger partial charge is 0.508 e. The number of phenolic OH excluding ortho intramolecular Hbond substituents is 2. The van der Waals surface area contributed by atoms with Crippen LogP contribution in [0.25, 0.3) is 0 Å². The maximum atomic E-state index is 10.2. The van der Waals surface area contributed by atoms with Gasteiger partial charge in [0.15, 0.2) is 0 Å². The summed E-state index contributed by atoms with van der Waals surface area (Å²) in [5.74, 6) is 0.774. The second kappa shape index (κ2) is 5.95. The van der Waals surface area contributed by atoms with Crippen molar-refractivity contribution in [3.05, 3.63) is 83.3 Å². The first-order valence-electron chi connectivity index (χ1n) is 6.96. The maximum absolute atomic E-state index is 10.2.